The molecule has 1 aliphatic heterocycles. The largest absolute Gasteiger partial charge is 0.317 e. The van der Waals surface area contributed by atoms with Gasteiger partial charge in [-0.2, -0.15) is 0 Å². The van der Waals surface area contributed by atoms with Gasteiger partial charge in [-0.3, -0.25) is 0 Å². The summed E-state index contributed by atoms with van der Waals surface area (Å²) in [6.07, 6.45) is 3.98. The topological polar surface area (TPSA) is 24.1 Å². The lowest BCUT2D eigenvalue weighted by Gasteiger charge is -2.13. The number of hydrogen-bond donors (Lipinski definition) is 2. The zero-order valence-corrected chi connectivity index (χ0v) is 6.82. The quantitative estimate of drug-likeness (QED) is 0.594. The molecule has 1 rings (SSSR count). The second kappa shape index (κ2) is 4.69. The van der Waals surface area contributed by atoms with Crippen molar-refractivity contribution in [3.05, 3.63) is 0 Å². The van der Waals surface area contributed by atoms with E-state index in [9.17, 15) is 0 Å². The van der Waals surface area contributed by atoms with Gasteiger partial charge in [0, 0.05) is 6.04 Å². The lowest BCUT2D eigenvalue weighted by molar-refractivity contribution is 0.482. The molecule has 2 N–H and O–H groups in total. The molecule has 0 aromatic heterocycles. The Labute approximate surface area is 63.4 Å². The highest BCUT2D eigenvalue weighted by molar-refractivity contribution is 4.71. The van der Waals surface area contributed by atoms with Gasteiger partial charge in [0.05, 0.1) is 0 Å². The maximum atomic E-state index is 3.48. The van der Waals surface area contributed by atoms with Crippen LogP contribution in [-0.2, 0) is 0 Å². The first-order chi connectivity index (χ1) is 4.93. The SMILES string of the molecule is CCNC1CCCNCC1. The van der Waals surface area contributed by atoms with Crippen molar-refractivity contribution in [2.24, 2.45) is 0 Å². The van der Waals surface area contributed by atoms with Crippen LogP contribution < -0.4 is 10.6 Å². The molecule has 10 heavy (non-hydrogen) atoms. The highest BCUT2D eigenvalue weighted by Gasteiger charge is 2.08. The van der Waals surface area contributed by atoms with E-state index in [0.29, 0.717) is 0 Å². The van der Waals surface area contributed by atoms with Crippen molar-refractivity contribution in [1.82, 2.24) is 10.6 Å². The predicted molar refractivity (Wildman–Crippen MR) is 44.2 cm³/mol. The summed E-state index contributed by atoms with van der Waals surface area (Å²) in [5.41, 5.74) is 0. The minimum Gasteiger partial charge on any atom is -0.317 e. The first-order valence-corrected chi connectivity index (χ1v) is 4.37. The van der Waals surface area contributed by atoms with Crippen LogP contribution in [0.25, 0.3) is 0 Å². The maximum Gasteiger partial charge on any atom is 0.00795 e. The standard InChI is InChI=1S/C8H18N2/c1-2-10-8-4-3-6-9-7-5-8/h8-10H,2-7H2,1H3. The van der Waals surface area contributed by atoms with Crippen molar-refractivity contribution in [2.75, 3.05) is 19.6 Å². The fourth-order valence-corrected chi connectivity index (χ4v) is 1.51. The van der Waals surface area contributed by atoms with Crippen LogP contribution in [0.15, 0.2) is 0 Å². The van der Waals surface area contributed by atoms with Crippen LogP contribution in [0.1, 0.15) is 26.2 Å². The molecule has 0 radical (unpaired) electrons. The third kappa shape index (κ3) is 2.67. The summed E-state index contributed by atoms with van der Waals surface area (Å²) in [6, 6.07) is 0.778. The van der Waals surface area contributed by atoms with Crippen LogP contribution in [-0.4, -0.2) is 25.7 Å². The lowest BCUT2D eigenvalue weighted by atomic mass is 10.1. The molecule has 0 amide bonds. The van der Waals surface area contributed by atoms with Gasteiger partial charge in [-0.05, 0) is 38.9 Å². The molecular formula is C8H18N2. The molecule has 2 heteroatoms. The second-order valence-corrected chi connectivity index (χ2v) is 2.94. The summed E-state index contributed by atoms with van der Waals surface area (Å²) in [7, 11) is 0. The molecule has 0 bridgehead atoms. The molecule has 1 aliphatic rings. The monoisotopic (exact) mass is 142 g/mol. The molecule has 1 atom stereocenters. The molecular weight excluding hydrogens is 124 g/mol. The highest BCUT2D eigenvalue weighted by atomic mass is 14.9. The normalized spacial score (nSPS) is 27.9. The number of rotatable bonds is 2. The van der Waals surface area contributed by atoms with Gasteiger partial charge in [-0.15, -0.1) is 0 Å². The third-order valence-electron chi connectivity index (χ3n) is 2.07. The third-order valence-corrected chi connectivity index (χ3v) is 2.07. The molecule has 2 nitrogen and oxygen atoms in total. The molecule has 1 unspecified atom stereocenters. The van der Waals surface area contributed by atoms with Gasteiger partial charge in [0.25, 0.3) is 0 Å². The summed E-state index contributed by atoms with van der Waals surface area (Å²) in [4.78, 5) is 0. The molecule has 1 fully saturated rings. The Morgan fingerprint density at radius 3 is 3.10 bits per heavy atom. The average molecular weight is 142 g/mol. The summed E-state index contributed by atoms with van der Waals surface area (Å²) in [5, 5.41) is 6.88. The molecule has 0 aliphatic carbocycles. The van der Waals surface area contributed by atoms with Gasteiger partial charge in [0.1, 0.15) is 0 Å². The smallest absolute Gasteiger partial charge is 0.00795 e. The summed E-state index contributed by atoms with van der Waals surface area (Å²) in [6.45, 7) is 5.70. The van der Waals surface area contributed by atoms with Crippen molar-refractivity contribution < 1.29 is 0 Å². The van der Waals surface area contributed by atoms with Gasteiger partial charge < -0.3 is 10.6 Å². The van der Waals surface area contributed by atoms with E-state index in [1.54, 1.807) is 0 Å². The van der Waals surface area contributed by atoms with Crippen molar-refractivity contribution >= 4 is 0 Å². The summed E-state index contributed by atoms with van der Waals surface area (Å²) in [5.74, 6) is 0. The zero-order valence-electron chi connectivity index (χ0n) is 6.82. The zero-order chi connectivity index (χ0) is 7.23. The molecule has 0 saturated carbocycles. The Bertz CT molecular complexity index is 75.3. The molecule has 0 aromatic rings. The van der Waals surface area contributed by atoms with Crippen molar-refractivity contribution in [1.29, 1.82) is 0 Å². The van der Waals surface area contributed by atoms with Crippen molar-refractivity contribution in [3.63, 3.8) is 0 Å². The molecule has 0 aromatic carbocycles. The van der Waals surface area contributed by atoms with E-state index < -0.39 is 0 Å². The van der Waals surface area contributed by atoms with E-state index in [1.165, 1.54) is 32.4 Å². The van der Waals surface area contributed by atoms with Crippen molar-refractivity contribution in [2.45, 2.75) is 32.2 Å². The first kappa shape index (κ1) is 8.02. The Balaban J connectivity index is 2.15. The van der Waals surface area contributed by atoms with Crippen LogP contribution in [0, 0.1) is 0 Å². The van der Waals surface area contributed by atoms with E-state index in [1.807, 2.05) is 0 Å². The average Bonchev–Trinajstić information content (AvgIpc) is 2.17. The Hall–Kier alpha value is -0.0800. The van der Waals surface area contributed by atoms with Crippen LogP contribution in [0.5, 0.6) is 0 Å². The van der Waals surface area contributed by atoms with Gasteiger partial charge in [0.15, 0.2) is 0 Å². The number of hydrogen-bond acceptors (Lipinski definition) is 2. The van der Waals surface area contributed by atoms with Gasteiger partial charge in [-0.1, -0.05) is 6.92 Å². The van der Waals surface area contributed by atoms with Gasteiger partial charge in [-0.25, -0.2) is 0 Å². The van der Waals surface area contributed by atoms with E-state index in [-0.39, 0.29) is 0 Å². The summed E-state index contributed by atoms with van der Waals surface area (Å²) < 4.78 is 0. The van der Waals surface area contributed by atoms with Crippen LogP contribution in [0.2, 0.25) is 0 Å². The van der Waals surface area contributed by atoms with E-state index >= 15 is 0 Å². The van der Waals surface area contributed by atoms with E-state index in [0.717, 1.165) is 12.6 Å². The second-order valence-electron chi connectivity index (χ2n) is 2.94. The Morgan fingerprint density at radius 2 is 2.30 bits per heavy atom. The van der Waals surface area contributed by atoms with Crippen LogP contribution in [0.4, 0.5) is 0 Å². The molecule has 1 saturated heterocycles. The fraction of sp³-hybridized carbons (Fsp3) is 1.00. The number of nitrogens with one attached hydrogen (secondary N) is 2. The predicted octanol–water partition coefficient (Wildman–Crippen LogP) is 0.738. The Kier molecular flexibility index (Phi) is 3.76. The molecule has 0 spiro atoms. The molecule has 60 valence electrons. The lowest BCUT2D eigenvalue weighted by Crippen LogP contribution is -2.29. The van der Waals surface area contributed by atoms with Gasteiger partial charge in [0.2, 0.25) is 0 Å². The van der Waals surface area contributed by atoms with E-state index in [2.05, 4.69) is 17.6 Å². The van der Waals surface area contributed by atoms with E-state index in [4.69, 9.17) is 0 Å². The fourth-order valence-electron chi connectivity index (χ4n) is 1.51. The maximum absolute atomic E-state index is 3.48. The van der Waals surface area contributed by atoms with Crippen LogP contribution in [0.3, 0.4) is 0 Å². The minimum atomic E-state index is 0.778. The minimum absolute atomic E-state index is 0.778. The van der Waals surface area contributed by atoms with Gasteiger partial charge >= 0.3 is 0 Å². The molecule has 1 heterocycles. The van der Waals surface area contributed by atoms with Crippen molar-refractivity contribution in [3.8, 4) is 0 Å². The van der Waals surface area contributed by atoms with Crippen LogP contribution >= 0.6 is 0 Å². The first-order valence-electron chi connectivity index (χ1n) is 4.37. The Morgan fingerprint density at radius 1 is 1.40 bits per heavy atom. The highest BCUT2D eigenvalue weighted by Crippen LogP contribution is 2.03. The summed E-state index contributed by atoms with van der Waals surface area (Å²) >= 11 is 0.